The highest BCUT2D eigenvalue weighted by molar-refractivity contribution is 7.16. The van der Waals surface area contributed by atoms with E-state index < -0.39 is 24.1 Å². The molecule has 1 saturated heterocycles. The van der Waals surface area contributed by atoms with Crippen molar-refractivity contribution in [1.29, 1.82) is 0 Å². The lowest BCUT2D eigenvalue weighted by molar-refractivity contribution is -0.128. The van der Waals surface area contributed by atoms with Gasteiger partial charge in [0.25, 0.3) is 5.91 Å². The SMILES string of the molecule is O=C(Cc1ccc2c(c1)OCO2)NC(CP)/C(=C/O)CC(CP)NC(=O)C1CN(c2ccccc2)C(=O)O1. The lowest BCUT2D eigenvalue weighted by atomic mass is 10.0. The van der Waals surface area contributed by atoms with Gasteiger partial charge in [0.2, 0.25) is 12.7 Å². The number of hydrogen-bond donors (Lipinski definition) is 3. The molecule has 2 heterocycles. The summed E-state index contributed by atoms with van der Waals surface area (Å²) in [6.45, 7) is 0.262. The van der Waals surface area contributed by atoms with Crippen LogP contribution in [-0.2, 0) is 20.7 Å². The Labute approximate surface area is 225 Å². The Morgan fingerprint density at radius 2 is 1.84 bits per heavy atom. The monoisotopic (exact) mass is 559 g/mol. The van der Waals surface area contributed by atoms with Gasteiger partial charge in [0.05, 0.1) is 25.3 Å². The minimum absolute atomic E-state index is 0.102. The summed E-state index contributed by atoms with van der Waals surface area (Å²) in [4.78, 5) is 39.4. The molecule has 10 nitrogen and oxygen atoms in total. The Balaban J connectivity index is 1.32. The molecule has 2 aromatic carbocycles. The first-order chi connectivity index (χ1) is 18.4. The standard InChI is InChI=1S/C26H31N3O7P2/c30-12-17(20(14-38)28-24(31)9-16-6-7-21-22(8-16)35-15-34-21)10-18(13-37)27-25(32)23-11-29(26(33)36-23)19-4-2-1-3-5-19/h1-8,12,18,20,23,30H,9-11,13-15,37-38H2,(H,27,32)(H,28,31)/b17-12+. The zero-order valence-electron chi connectivity index (χ0n) is 20.7. The molecule has 4 rings (SSSR count). The van der Waals surface area contributed by atoms with E-state index in [1.54, 1.807) is 42.5 Å². The second-order valence-corrected chi connectivity index (χ2v) is 9.83. The van der Waals surface area contributed by atoms with E-state index in [0.717, 1.165) is 11.8 Å². The van der Waals surface area contributed by atoms with Crippen LogP contribution in [-0.4, -0.2) is 66.9 Å². The van der Waals surface area contributed by atoms with Crippen LogP contribution in [0.15, 0.2) is 60.4 Å². The molecular weight excluding hydrogens is 528 g/mol. The number of carbonyl (C=O) groups excluding carboxylic acids is 3. The zero-order valence-corrected chi connectivity index (χ0v) is 23.0. The van der Waals surface area contributed by atoms with Crippen molar-refractivity contribution in [1.82, 2.24) is 10.6 Å². The van der Waals surface area contributed by atoms with Crippen LogP contribution < -0.4 is 25.0 Å². The van der Waals surface area contributed by atoms with Gasteiger partial charge in [-0.1, -0.05) is 24.3 Å². The van der Waals surface area contributed by atoms with E-state index >= 15 is 0 Å². The van der Waals surface area contributed by atoms with Crippen molar-refractivity contribution >= 4 is 42.1 Å². The van der Waals surface area contributed by atoms with Crippen LogP contribution in [0.25, 0.3) is 0 Å². The smallest absolute Gasteiger partial charge is 0.415 e. The molecule has 5 unspecified atom stereocenters. The van der Waals surface area contributed by atoms with Gasteiger partial charge in [-0.2, -0.15) is 0 Å². The van der Waals surface area contributed by atoms with Crippen molar-refractivity contribution in [3.8, 4) is 11.5 Å². The largest absolute Gasteiger partial charge is 0.516 e. The van der Waals surface area contributed by atoms with Crippen LogP contribution in [0.1, 0.15) is 12.0 Å². The molecule has 0 saturated carbocycles. The number of aliphatic hydroxyl groups excluding tert-OH is 1. The number of fused-ring (bicyclic) bond motifs is 1. The summed E-state index contributed by atoms with van der Waals surface area (Å²) >= 11 is 0. The first-order valence-corrected chi connectivity index (χ1v) is 13.8. The molecule has 0 spiro atoms. The van der Waals surface area contributed by atoms with Crippen LogP contribution in [0.4, 0.5) is 10.5 Å². The summed E-state index contributed by atoms with van der Waals surface area (Å²) in [5.74, 6) is 0.609. The molecule has 3 amide bonds. The first kappa shape index (κ1) is 27.7. The molecule has 5 atom stereocenters. The van der Waals surface area contributed by atoms with Crippen molar-refractivity contribution < 1.29 is 33.7 Å². The number of anilines is 1. The number of aliphatic hydroxyl groups is 1. The third kappa shape index (κ3) is 6.74. The van der Waals surface area contributed by atoms with Crippen LogP contribution in [0.2, 0.25) is 0 Å². The molecule has 0 aliphatic carbocycles. The summed E-state index contributed by atoms with van der Waals surface area (Å²) < 4.78 is 16.0. The fourth-order valence-electron chi connectivity index (χ4n) is 4.26. The summed E-state index contributed by atoms with van der Waals surface area (Å²) in [6.07, 6.45) is 0.806. The number of rotatable bonds is 11. The van der Waals surface area contributed by atoms with Crippen molar-refractivity contribution in [2.75, 3.05) is 30.6 Å². The minimum Gasteiger partial charge on any atom is -0.516 e. The zero-order chi connectivity index (χ0) is 27.1. The highest BCUT2D eigenvalue weighted by Gasteiger charge is 2.37. The number of nitrogens with one attached hydrogen (secondary N) is 2. The van der Waals surface area contributed by atoms with Crippen molar-refractivity contribution in [3.63, 3.8) is 0 Å². The van der Waals surface area contributed by atoms with Gasteiger partial charge in [0.1, 0.15) is 0 Å². The fraction of sp³-hybridized carbons (Fsp3) is 0.346. The number of cyclic esters (lactones) is 1. The highest BCUT2D eigenvalue weighted by atomic mass is 31.0. The number of amides is 3. The van der Waals surface area contributed by atoms with E-state index in [9.17, 15) is 19.5 Å². The first-order valence-electron chi connectivity index (χ1n) is 12.2. The second kappa shape index (κ2) is 12.9. The van der Waals surface area contributed by atoms with Gasteiger partial charge in [-0.3, -0.25) is 14.5 Å². The van der Waals surface area contributed by atoms with Gasteiger partial charge >= 0.3 is 6.09 Å². The van der Waals surface area contributed by atoms with Crippen molar-refractivity contribution in [3.05, 3.63) is 65.9 Å². The maximum atomic E-state index is 12.9. The second-order valence-electron chi connectivity index (χ2n) is 8.89. The Hall–Kier alpha value is -3.35. The number of hydrogen-bond acceptors (Lipinski definition) is 7. The highest BCUT2D eigenvalue weighted by Crippen LogP contribution is 2.32. The Kier molecular flexibility index (Phi) is 9.43. The predicted octanol–water partition coefficient (Wildman–Crippen LogP) is 2.54. The van der Waals surface area contributed by atoms with E-state index in [4.69, 9.17) is 14.2 Å². The van der Waals surface area contributed by atoms with E-state index in [2.05, 4.69) is 29.1 Å². The maximum absolute atomic E-state index is 12.9. The minimum atomic E-state index is -0.956. The molecule has 0 aromatic heterocycles. The lowest BCUT2D eigenvalue weighted by Gasteiger charge is -2.25. The van der Waals surface area contributed by atoms with E-state index in [1.807, 2.05) is 6.07 Å². The Morgan fingerprint density at radius 3 is 2.55 bits per heavy atom. The summed E-state index contributed by atoms with van der Waals surface area (Å²) in [5, 5.41) is 15.8. The molecule has 0 bridgehead atoms. The lowest BCUT2D eigenvalue weighted by Crippen LogP contribution is -2.46. The summed E-state index contributed by atoms with van der Waals surface area (Å²) in [6, 6.07) is 13.5. The van der Waals surface area contributed by atoms with Crippen LogP contribution >= 0.6 is 18.5 Å². The Morgan fingerprint density at radius 1 is 1.08 bits per heavy atom. The average Bonchev–Trinajstić information content (AvgIpc) is 3.56. The molecule has 2 aliphatic rings. The quantitative estimate of drug-likeness (QED) is 0.285. The van der Waals surface area contributed by atoms with Gasteiger partial charge in [0, 0.05) is 11.7 Å². The Bertz CT molecular complexity index is 1190. The third-order valence-corrected chi connectivity index (χ3v) is 7.31. The number of nitrogens with zero attached hydrogens (tertiary/aromatic N) is 1. The van der Waals surface area contributed by atoms with Gasteiger partial charge in [-0.15, -0.1) is 18.5 Å². The molecule has 202 valence electrons. The van der Waals surface area contributed by atoms with Crippen LogP contribution in [0, 0.1) is 0 Å². The number of carbonyl (C=O) groups is 3. The fourth-order valence-corrected chi connectivity index (χ4v) is 4.96. The number of benzene rings is 2. The molecule has 2 aromatic rings. The molecule has 12 heteroatoms. The average molecular weight is 559 g/mol. The molecule has 1 fully saturated rings. The van der Waals surface area contributed by atoms with Gasteiger partial charge < -0.3 is 30.0 Å². The van der Waals surface area contributed by atoms with E-state index in [-0.39, 0.29) is 38.1 Å². The summed E-state index contributed by atoms with van der Waals surface area (Å²) in [5.41, 5.74) is 1.98. The van der Waals surface area contributed by atoms with Gasteiger partial charge in [-0.25, -0.2) is 4.79 Å². The summed E-state index contributed by atoms with van der Waals surface area (Å²) in [7, 11) is 5.14. The maximum Gasteiger partial charge on any atom is 0.415 e. The van der Waals surface area contributed by atoms with Crippen LogP contribution in [0.3, 0.4) is 0 Å². The third-order valence-electron chi connectivity index (χ3n) is 6.27. The van der Waals surface area contributed by atoms with E-state index in [1.165, 1.54) is 4.90 Å². The van der Waals surface area contributed by atoms with Gasteiger partial charge in [-0.05, 0) is 54.1 Å². The number of ether oxygens (including phenoxy) is 3. The molecule has 3 N–H and O–H groups in total. The topological polar surface area (TPSA) is 126 Å². The number of para-hydroxylation sites is 1. The normalized spacial score (nSPS) is 18.1. The predicted molar refractivity (Wildman–Crippen MR) is 149 cm³/mol. The van der Waals surface area contributed by atoms with Crippen LogP contribution in [0.5, 0.6) is 11.5 Å². The van der Waals surface area contributed by atoms with Crippen molar-refractivity contribution in [2.45, 2.75) is 31.0 Å². The van der Waals surface area contributed by atoms with Gasteiger partial charge in [0.15, 0.2) is 17.6 Å². The van der Waals surface area contributed by atoms with Crippen molar-refractivity contribution in [2.24, 2.45) is 0 Å². The molecule has 0 radical (unpaired) electrons. The van der Waals surface area contributed by atoms with E-state index in [0.29, 0.717) is 35.1 Å². The molecule has 2 aliphatic heterocycles. The molecule has 38 heavy (non-hydrogen) atoms. The molecular formula is C26H31N3O7P2.